The molecule has 0 bridgehead atoms. The summed E-state index contributed by atoms with van der Waals surface area (Å²) in [6, 6.07) is 4.08. The molecule has 2 aliphatic rings. The van der Waals surface area contributed by atoms with Crippen LogP contribution in [0, 0.1) is 19.8 Å². The normalized spacial score (nSPS) is 11.8. The van der Waals surface area contributed by atoms with E-state index in [1.165, 1.54) is 4.57 Å². The van der Waals surface area contributed by atoms with Gasteiger partial charge in [0.05, 0.1) is 11.0 Å². The Morgan fingerprint density at radius 2 is 1.68 bits per heavy atom. The van der Waals surface area contributed by atoms with Gasteiger partial charge >= 0.3 is 5.69 Å². The number of hydrogen-bond donors (Lipinski definition) is 0. The monoisotopic (exact) mass is 382 g/mol. The van der Waals surface area contributed by atoms with E-state index in [0.29, 0.717) is 24.8 Å². The summed E-state index contributed by atoms with van der Waals surface area (Å²) >= 11 is 0. The van der Waals surface area contributed by atoms with Gasteiger partial charge in [-0.1, -0.05) is 40.0 Å². The predicted molar refractivity (Wildman–Crippen MR) is 113 cm³/mol. The van der Waals surface area contributed by atoms with Crippen LogP contribution >= 0.6 is 0 Å². The van der Waals surface area contributed by atoms with E-state index >= 15 is 0 Å². The third-order valence-electron chi connectivity index (χ3n) is 5.24. The molecule has 2 aliphatic heterocycles. The third-order valence-corrected chi connectivity index (χ3v) is 5.24. The Morgan fingerprint density at radius 1 is 0.964 bits per heavy atom. The van der Waals surface area contributed by atoms with Crippen LogP contribution in [0.2, 0.25) is 0 Å². The highest BCUT2D eigenvalue weighted by molar-refractivity contribution is 5.81. The van der Waals surface area contributed by atoms with Crippen LogP contribution in [-0.2, 0) is 13.1 Å². The van der Waals surface area contributed by atoms with E-state index in [4.69, 9.17) is 0 Å². The Kier molecular flexibility index (Phi) is 5.96. The average Bonchev–Trinajstić information content (AvgIpc) is 2.63. The van der Waals surface area contributed by atoms with Crippen LogP contribution in [0.4, 0.5) is 0 Å². The van der Waals surface area contributed by atoms with E-state index in [1.54, 1.807) is 0 Å². The first kappa shape index (κ1) is 20.2. The lowest BCUT2D eigenvalue weighted by atomic mass is 10.1. The first-order chi connectivity index (χ1) is 13.3. The highest BCUT2D eigenvalue weighted by atomic mass is 16.2. The SMILES string of the molecule is CCCCCCn1c(=O)nc2n(CC(C)C)c3cc(C)c(C)cc3nc-2c1=O. The van der Waals surface area contributed by atoms with E-state index in [2.05, 4.69) is 43.7 Å². The molecule has 0 aliphatic carbocycles. The van der Waals surface area contributed by atoms with Gasteiger partial charge in [0, 0.05) is 13.1 Å². The van der Waals surface area contributed by atoms with Gasteiger partial charge in [0.15, 0.2) is 11.5 Å². The van der Waals surface area contributed by atoms with Gasteiger partial charge in [0.2, 0.25) is 0 Å². The van der Waals surface area contributed by atoms with E-state index < -0.39 is 5.69 Å². The Balaban J connectivity index is 2.25. The Hall–Kier alpha value is -2.50. The van der Waals surface area contributed by atoms with Crippen LogP contribution < -0.4 is 11.2 Å². The van der Waals surface area contributed by atoms with Crippen molar-refractivity contribution >= 4 is 11.0 Å². The molecule has 2 heterocycles. The molecular weight excluding hydrogens is 352 g/mol. The predicted octanol–water partition coefficient (Wildman–Crippen LogP) is 3.91. The molecule has 150 valence electrons. The lowest BCUT2D eigenvalue weighted by Gasteiger charge is -2.20. The fraction of sp³-hybridized carbons (Fsp3) is 0.545. The number of unbranched alkanes of at least 4 members (excludes halogenated alkanes) is 3. The minimum Gasteiger partial charge on any atom is -0.322 e. The smallest absolute Gasteiger partial charge is 0.322 e. The molecule has 0 amide bonds. The number of benzene rings is 1. The lowest BCUT2D eigenvalue weighted by Crippen LogP contribution is -2.39. The summed E-state index contributed by atoms with van der Waals surface area (Å²) in [6.45, 7) is 11.5. The molecule has 0 radical (unpaired) electrons. The van der Waals surface area contributed by atoms with Gasteiger partial charge in [-0.2, -0.15) is 4.98 Å². The van der Waals surface area contributed by atoms with Gasteiger partial charge in [-0.15, -0.1) is 0 Å². The van der Waals surface area contributed by atoms with Crippen molar-refractivity contribution in [2.75, 3.05) is 0 Å². The number of nitrogens with zero attached hydrogens (tertiary/aromatic N) is 4. The largest absolute Gasteiger partial charge is 0.352 e. The van der Waals surface area contributed by atoms with Crippen molar-refractivity contribution in [2.24, 2.45) is 5.92 Å². The van der Waals surface area contributed by atoms with Crippen molar-refractivity contribution in [3.8, 4) is 11.5 Å². The van der Waals surface area contributed by atoms with Gasteiger partial charge in [-0.05, 0) is 49.4 Å². The van der Waals surface area contributed by atoms with Crippen molar-refractivity contribution in [3.05, 3.63) is 44.1 Å². The minimum atomic E-state index is -0.475. The lowest BCUT2D eigenvalue weighted by molar-refractivity contribution is 0.519. The summed E-state index contributed by atoms with van der Waals surface area (Å²) in [5.41, 5.74) is 3.44. The Bertz CT molecular complexity index is 1080. The highest BCUT2D eigenvalue weighted by Crippen LogP contribution is 2.24. The zero-order chi connectivity index (χ0) is 20.4. The maximum atomic E-state index is 13.1. The van der Waals surface area contributed by atoms with Crippen LogP contribution in [0.1, 0.15) is 57.6 Å². The van der Waals surface area contributed by atoms with Crippen LogP contribution in [-0.4, -0.2) is 19.1 Å². The second-order valence-electron chi connectivity index (χ2n) is 8.13. The standard InChI is InChI=1S/C22H30N4O2/c1-6-7-8-9-10-25-21(27)19-20(24-22(25)28)26(13-14(2)3)18-12-16(5)15(4)11-17(18)23-19/h11-12,14H,6-10,13H2,1-5H3. The van der Waals surface area contributed by atoms with Crippen LogP contribution in [0.3, 0.4) is 0 Å². The van der Waals surface area contributed by atoms with Crippen molar-refractivity contribution in [1.29, 1.82) is 0 Å². The van der Waals surface area contributed by atoms with Gasteiger partial charge in [0.1, 0.15) is 0 Å². The molecule has 0 aromatic heterocycles. The summed E-state index contributed by atoms with van der Waals surface area (Å²) in [7, 11) is 0. The summed E-state index contributed by atoms with van der Waals surface area (Å²) < 4.78 is 3.23. The molecule has 0 fully saturated rings. The molecule has 0 atom stereocenters. The molecule has 6 heteroatoms. The van der Waals surface area contributed by atoms with Gasteiger partial charge in [0.25, 0.3) is 5.56 Å². The van der Waals surface area contributed by atoms with E-state index in [-0.39, 0.29) is 11.3 Å². The molecule has 1 aromatic rings. The fourth-order valence-electron chi connectivity index (χ4n) is 3.57. The van der Waals surface area contributed by atoms with E-state index in [1.807, 2.05) is 17.6 Å². The molecule has 0 unspecified atom stereocenters. The fourth-order valence-corrected chi connectivity index (χ4v) is 3.57. The average molecular weight is 383 g/mol. The van der Waals surface area contributed by atoms with Crippen molar-refractivity contribution in [3.63, 3.8) is 0 Å². The van der Waals surface area contributed by atoms with Gasteiger partial charge in [-0.3, -0.25) is 9.36 Å². The van der Waals surface area contributed by atoms with Gasteiger partial charge in [-0.25, -0.2) is 9.78 Å². The first-order valence-electron chi connectivity index (χ1n) is 10.3. The van der Waals surface area contributed by atoms with Crippen LogP contribution in [0.5, 0.6) is 0 Å². The van der Waals surface area contributed by atoms with E-state index in [0.717, 1.165) is 47.8 Å². The van der Waals surface area contributed by atoms with Crippen LogP contribution in [0.25, 0.3) is 22.6 Å². The molecule has 1 aromatic carbocycles. The molecule has 0 spiro atoms. The summed E-state index contributed by atoms with van der Waals surface area (Å²) in [6.07, 6.45) is 4.00. The Labute approximate surface area is 165 Å². The summed E-state index contributed by atoms with van der Waals surface area (Å²) in [5, 5.41) is 0. The zero-order valence-electron chi connectivity index (χ0n) is 17.6. The third kappa shape index (κ3) is 3.86. The number of rotatable bonds is 7. The zero-order valence-corrected chi connectivity index (χ0v) is 17.6. The number of hydrogen-bond acceptors (Lipinski definition) is 4. The molecule has 0 saturated heterocycles. The number of fused-ring (bicyclic) bond motifs is 2. The summed E-state index contributed by atoms with van der Waals surface area (Å²) in [4.78, 5) is 34.7. The Morgan fingerprint density at radius 3 is 2.36 bits per heavy atom. The first-order valence-corrected chi connectivity index (χ1v) is 10.3. The maximum Gasteiger partial charge on any atom is 0.352 e. The second-order valence-corrected chi connectivity index (χ2v) is 8.13. The van der Waals surface area contributed by atoms with Crippen molar-refractivity contribution in [2.45, 2.75) is 73.4 Å². The van der Waals surface area contributed by atoms with Gasteiger partial charge < -0.3 is 4.57 Å². The minimum absolute atomic E-state index is 0.284. The molecular formula is C22H30N4O2. The van der Waals surface area contributed by atoms with E-state index in [9.17, 15) is 9.59 Å². The number of aryl methyl sites for hydroxylation is 2. The quantitative estimate of drug-likeness (QED) is 0.459. The molecule has 3 rings (SSSR count). The maximum absolute atomic E-state index is 13.1. The topological polar surface area (TPSA) is 69.8 Å². The molecule has 0 N–H and O–H groups in total. The van der Waals surface area contributed by atoms with Crippen LogP contribution in [0.15, 0.2) is 21.7 Å². The highest BCUT2D eigenvalue weighted by Gasteiger charge is 2.22. The number of aromatic nitrogens is 4. The van der Waals surface area contributed by atoms with Crippen molar-refractivity contribution < 1.29 is 0 Å². The van der Waals surface area contributed by atoms with Crippen molar-refractivity contribution in [1.82, 2.24) is 19.1 Å². The second kappa shape index (κ2) is 8.25. The summed E-state index contributed by atoms with van der Waals surface area (Å²) in [5.74, 6) is 0.734. The molecule has 6 nitrogen and oxygen atoms in total. The molecule has 0 saturated carbocycles. The molecule has 28 heavy (non-hydrogen) atoms.